The third-order valence-electron chi connectivity index (χ3n) is 4.50. The minimum atomic E-state index is -3.48. The second-order valence-electron chi connectivity index (χ2n) is 6.31. The van der Waals surface area contributed by atoms with Crippen LogP contribution in [0.25, 0.3) is 0 Å². The molecule has 0 heterocycles. The SMILES string of the molecule is CCN(CC)S(=O)(=O)c1ccc(C(C)NC(=O)c2ccc(Br)cc2C)cc1. The fourth-order valence-corrected chi connectivity index (χ4v) is 4.81. The van der Waals surface area contributed by atoms with Crippen LogP contribution < -0.4 is 5.32 Å². The van der Waals surface area contributed by atoms with Crippen molar-refractivity contribution in [3.05, 3.63) is 63.6 Å². The van der Waals surface area contributed by atoms with Crippen molar-refractivity contribution in [2.75, 3.05) is 13.1 Å². The van der Waals surface area contributed by atoms with Gasteiger partial charge in [0, 0.05) is 23.1 Å². The molecule has 2 aromatic rings. The summed E-state index contributed by atoms with van der Waals surface area (Å²) in [7, 11) is -3.48. The maximum absolute atomic E-state index is 12.6. The van der Waals surface area contributed by atoms with Gasteiger partial charge in [0.05, 0.1) is 10.9 Å². The fraction of sp³-hybridized carbons (Fsp3) is 0.350. The first-order valence-electron chi connectivity index (χ1n) is 8.87. The van der Waals surface area contributed by atoms with Crippen molar-refractivity contribution < 1.29 is 13.2 Å². The van der Waals surface area contributed by atoms with E-state index in [9.17, 15) is 13.2 Å². The van der Waals surface area contributed by atoms with Gasteiger partial charge in [-0.1, -0.05) is 41.9 Å². The van der Waals surface area contributed by atoms with Crippen LogP contribution in [0.2, 0.25) is 0 Å². The van der Waals surface area contributed by atoms with Gasteiger partial charge in [-0.05, 0) is 55.3 Å². The van der Waals surface area contributed by atoms with Gasteiger partial charge < -0.3 is 5.32 Å². The van der Waals surface area contributed by atoms with Crippen molar-refractivity contribution in [2.45, 2.75) is 38.6 Å². The average Bonchev–Trinajstić information content (AvgIpc) is 2.62. The number of rotatable bonds is 7. The summed E-state index contributed by atoms with van der Waals surface area (Å²) in [6.45, 7) is 8.25. The minimum Gasteiger partial charge on any atom is -0.346 e. The standard InChI is InChI=1S/C20H25BrN2O3S/c1-5-23(6-2)27(25,26)18-10-7-16(8-11-18)15(4)22-20(24)19-12-9-17(21)13-14(19)3/h7-13,15H,5-6H2,1-4H3,(H,22,24). The van der Waals surface area contributed by atoms with E-state index >= 15 is 0 Å². The molecule has 0 saturated carbocycles. The number of nitrogens with zero attached hydrogens (tertiary/aromatic N) is 1. The summed E-state index contributed by atoms with van der Waals surface area (Å²) in [5.41, 5.74) is 2.34. The summed E-state index contributed by atoms with van der Waals surface area (Å²) in [5.74, 6) is -0.160. The zero-order valence-corrected chi connectivity index (χ0v) is 18.4. The molecule has 146 valence electrons. The molecule has 5 nitrogen and oxygen atoms in total. The molecule has 0 spiro atoms. The van der Waals surface area contributed by atoms with Crippen LogP contribution in [0, 0.1) is 6.92 Å². The second kappa shape index (κ2) is 8.99. The molecule has 0 aromatic heterocycles. The topological polar surface area (TPSA) is 66.5 Å². The average molecular weight is 453 g/mol. The normalized spacial score (nSPS) is 12.8. The lowest BCUT2D eigenvalue weighted by Gasteiger charge is -2.19. The highest BCUT2D eigenvalue weighted by atomic mass is 79.9. The van der Waals surface area contributed by atoms with Crippen LogP contribution in [-0.4, -0.2) is 31.7 Å². The minimum absolute atomic E-state index is 0.160. The van der Waals surface area contributed by atoms with Gasteiger partial charge in [0.2, 0.25) is 10.0 Å². The summed E-state index contributed by atoms with van der Waals surface area (Å²) in [6.07, 6.45) is 0. The number of hydrogen-bond acceptors (Lipinski definition) is 3. The molecule has 1 N–H and O–H groups in total. The Bertz CT molecular complexity index is 907. The van der Waals surface area contributed by atoms with Crippen molar-refractivity contribution in [1.29, 1.82) is 0 Å². The highest BCUT2D eigenvalue weighted by molar-refractivity contribution is 9.10. The zero-order valence-electron chi connectivity index (χ0n) is 16.0. The summed E-state index contributed by atoms with van der Waals surface area (Å²) in [4.78, 5) is 12.8. The van der Waals surface area contributed by atoms with Crippen LogP contribution in [0.1, 0.15) is 48.3 Å². The first kappa shape index (κ1) is 21.6. The molecule has 0 aliphatic carbocycles. The third kappa shape index (κ3) is 4.97. The molecule has 0 aliphatic heterocycles. The van der Waals surface area contributed by atoms with Crippen LogP contribution in [0.3, 0.4) is 0 Å². The van der Waals surface area contributed by atoms with Crippen LogP contribution in [0.5, 0.6) is 0 Å². The Morgan fingerprint density at radius 2 is 1.70 bits per heavy atom. The van der Waals surface area contributed by atoms with Gasteiger partial charge in [0.1, 0.15) is 0 Å². The summed E-state index contributed by atoms with van der Waals surface area (Å²) >= 11 is 3.39. The van der Waals surface area contributed by atoms with Crippen molar-refractivity contribution in [3.8, 4) is 0 Å². The molecule has 0 bridgehead atoms. The van der Waals surface area contributed by atoms with Crippen LogP contribution in [0.15, 0.2) is 51.8 Å². The lowest BCUT2D eigenvalue weighted by atomic mass is 10.1. The first-order chi connectivity index (χ1) is 12.7. The van der Waals surface area contributed by atoms with E-state index in [2.05, 4.69) is 21.2 Å². The maximum atomic E-state index is 12.6. The number of carbonyl (C=O) groups is 1. The molecule has 1 amide bonds. The number of halogens is 1. The zero-order chi connectivity index (χ0) is 20.2. The van der Waals surface area contributed by atoms with Crippen molar-refractivity contribution in [3.63, 3.8) is 0 Å². The number of hydrogen-bond donors (Lipinski definition) is 1. The van der Waals surface area contributed by atoms with Gasteiger partial charge >= 0.3 is 0 Å². The number of sulfonamides is 1. The lowest BCUT2D eigenvalue weighted by Crippen LogP contribution is -2.30. The Kier molecular flexibility index (Phi) is 7.19. The van der Waals surface area contributed by atoms with Gasteiger partial charge in [-0.15, -0.1) is 0 Å². The molecule has 0 fully saturated rings. The van der Waals surface area contributed by atoms with Crippen molar-refractivity contribution in [2.24, 2.45) is 0 Å². The highest BCUT2D eigenvalue weighted by Crippen LogP contribution is 2.21. The highest BCUT2D eigenvalue weighted by Gasteiger charge is 2.22. The molecular formula is C20H25BrN2O3S. The van der Waals surface area contributed by atoms with Gasteiger partial charge in [-0.25, -0.2) is 8.42 Å². The number of amides is 1. The quantitative estimate of drug-likeness (QED) is 0.681. The monoisotopic (exact) mass is 452 g/mol. The molecule has 7 heteroatoms. The Labute approximate surface area is 170 Å². The van der Waals surface area contributed by atoms with Crippen LogP contribution in [-0.2, 0) is 10.0 Å². The fourth-order valence-electron chi connectivity index (χ4n) is 2.88. The Hall–Kier alpha value is -1.70. The molecular weight excluding hydrogens is 428 g/mol. The van der Waals surface area contributed by atoms with Gasteiger partial charge in [0.15, 0.2) is 0 Å². The smallest absolute Gasteiger partial charge is 0.252 e. The lowest BCUT2D eigenvalue weighted by molar-refractivity contribution is 0.0939. The third-order valence-corrected chi connectivity index (χ3v) is 7.06. The van der Waals surface area contributed by atoms with E-state index in [1.807, 2.05) is 39.8 Å². The van der Waals surface area contributed by atoms with E-state index in [4.69, 9.17) is 0 Å². The van der Waals surface area contributed by atoms with E-state index in [-0.39, 0.29) is 16.8 Å². The molecule has 0 aliphatic rings. The Balaban J connectivity index is 2.16. The molecule has 27 heavy (non-hydrogen) atoms. The number of carbonyl (C=O) groups excluding carboxylic acids is 1. The molecule has 2 rings (SSSR count). The Morgan fingerprint density at radius 1 is 1.11 bits per heavy atom. The van der Waals surface area contributed by atoms with E-state index in [1.54, 1.807) is 30.3 Å². The Morgan fingerprint density at radius 3 is 2.22 bits per heavy atom. The predicted molar refractivity (Wildman–Crippen MR) is 111 cm³/mol. The molecule has 0 saturated heterocycles. The largest absolute Gasteiger partial charge is 0.346 e. The van der Waals surface area contributed by atoms with Crippen molar-refractivity contribution >= 4 is 31.9 Å². The second-order valence-corrected chi connectivity index (χ2v) is 9.17. The van der Waals surface area contributed by atoms with Gasteiger partial charge in [0.25, 0.3) is 5.91 Å². The molecule has 0 radical (unpaired) electrons. The van der Waals surface area contributed by atoms with Gasteiger partial charge in [-0.3, -0.25) is 4.79 Å². The molecule has 1 unspecified atom stereocenters. The van der Waals surface area contributed by atoms with Crippen LogP contribution >= 0.6 is 15.9 Å². The van der Waals surface area contributed by atoms with E-state index in [1.165, 1.54) is 4.31 Å². The number of benzene rings is 2. The van der Waals surface area contributed by atoms with E-state index in [0.717, 1.165) is 15.6 Å². The molecule has 2 aromatic carbocycles. The molecule has 1 atom stereocenters. The first-order valence-corrected chi connectivity index (χ1v) is 11.1. The summed E-state index contributed by atoms with van der Waals surface area (Å²) in [5, 5.41) is 2.96. The number of nitrogens with one attached hydrogen (secondary N) is 1. The van der Waals surface area contributed by atoms with Gasteiger partial charge in [-0.2, -0.15) is 4.31 Å². The summed E-state index contributed by atoms with van der Waals surface area (Å²) in [6, 6.07) is 11.9. The maximum Gasteiger partial charge on any atom is 0.252 e. The number of aryl methyl sites for hydroxylation is 1. The van der Waals surface area contributed by atoms with E-state index < -0.39 is 10.0 Å². The summed E-state index contributed by atoms with van der Waals surface area (Å²) < 4.78 is 27.5. The van der Waals surface area contributed by atoms with Crippen LogP contribution in [0.4, 0.5) is 0 Å². The van der Waals surface area contributed by atoms with Crippen molar-refractivity contribution in [1.82, 2.24) is 9.62 Å². The van der Waals surface area contributed by atoms with E-state index in [0.29, 0.717) is 18.7 Å². The predicted octanol–water partition coefficient (Wildman–Crippen LogP) is 4.28.